The van der Waals surface area contributed by atoms with Crippen molar-refractivity contribution in [3.05, 3.63) is 41.6 Å². The zero-order valence-corrected chi connectivity index (χ0v) is 16.1. The fourth-order valence-corrected chi connectivity index (χ4v) is 3.14. The molecule has 1 amide bonds. The van der Waals surface area contributed by atoms with Crippen molar-refractivity contribution in [2.75, 3.05) is 12.4 Å². The molecule has 2 atom stereocenters. The van der Waals surface area contributed by atoms with Gasteiger partial charge in [-0.15, -0.1) is 0 Å². The zero-order valence-electron chi connectivity index (χ0n) is 16.1. The van der Waals surface area contributed by atoms with Gasteiger partial charge in [0.05, 0.1) is 13.2 Å². The summed E-state index contributed by atoms with van der Waals surface area (Å²) in [5, 5.41) is 9.73. The second kappa shape index (κ2) is 7.03. The Bertz CT molecular complexity index is 854. The third kappa shape index (κ3) is 4.23. The van der Waals surface area contributed by atoms with Gasteiger partial charge in [0, 0.05) is 18.0 Å². The van der Waals surface area contributed by atoms with Gasteiger partial charge in [-0.05, 0) is 38.5 Å². The molecule has 1 aliphatic rings. The molecule has 0 fully saturated rings. The number of carbonyl (C=O) groups is 1. The highest BCUT2D eigenvalue weighted by Gasteiger charge is 2.46. The number of ether oxygens (including phenoxy) is 1. The number of nitrogens with one attached hydrogen (secondary N) is 2. The van der Waals surface area contributed by atoms with E-state index in [-0.39, 0.29) is 17.9 Å². The lowest BCUT2D eigenvalue weighted by Crippen LogP contribution is -2.41. The third-order valence-electron chi connectivity index (χ3n) is 4.43. The lowest BCUT2D eigenvalue weighted by molar-refractivity contribution is -0.173. The third-order valence-corrected chi connectivity index (χ3v) is 4.43. The summed E-state index contributed by atoms with van der Waals surface area (Å²) in [7, 11) is 1.52. The van der Waals surface area contributed by atoms with E-state index in [4.69, 9.17) is 4.74 Å². The van der Waals surface area contributed by atoms with Crippen molar-refractivity contribution in [2.24, 2.45) is 0 Å². The first-order valence-electron chi connectivity index (χ1n) is 8.87. The Morgan fingerprint density at radius 3 is 2.43 bits per heavy atom. The van der Waals surface area contributed by atoms with Crippen molar-refractivity contribution in [1.29, 1.82) is 0 Å². The molecule has 0 aliphatic carbocycles. The molecule has 2 heterocycles. The molecule has 0 spiro atoms. The fraction of sp³-hybridized carbons (Fsp3) is 0.474. The molecule has 152 valence electrons. The number of carbonyl (C=O) groups excluding carboxylic acids is 1. The standard InChI is InChI=1S/C19H23F3N4O2/c1-18(2,3)24-17(27)14-10-16-23-13(11-5-7-12(28-4)8-6-11)9-15(19(20,21)22)26(16)25-14/h5-8,10,13,15,23H,9H2,1-4H3,(H,24,27)/t13-,15-/m1/s1. The van der Waals surface area contributed by atoms with Gasteiger partial charge < -0.3 is 15.4 Å². The summed E-state index contributed by atoms with van der Waals surface area (Å²) >= 11 is 0. The Labute approximate surface area is 161 Å². The number of amides is 1. The van der Waals surface area contributed by atoms with E-state index in [2.05, 4.69) is 15.7 Å². The van der Waals surface area contributed by atoms with Gasteiger partial charge in [0.25, 0.3) is 5.91 Å². The maximum atomic E-state index is 13.7. The maximum Gasteiger partial charge on any atom is 0.410 e. The van der Waals surface area contributed by atoms with Crippen LogP contribution in [0, 0.1) is 0 Å². The van der Waals surface area contributed by atoms with Crippen LogP contribution >= 0.6 is 0 Å². The van der Waals surface area contributed by atoms with Crippen molar-refractivity contribution in [3.63, 3.8) is 0 Å². The predicted octanol–water partition coefficient (Wildman–Crippen LogP) is 4.08. The molecule has 3 rings (SSSR count). The first-order valence-corrected chi connectivity index (χ1v) is 8.87. The van der Waals surface area contributed by atoms with Crippen LogP contribution in [0.1, 0.15) is 55.3 Å². The van der Waals surface area contributed by atoms with Gasteiger partial charge in [-0.25, -0.2) is 4.68 Å². The van der Waals surface area contributed by atoms with Crippen LogP contribution in [0.15, 0.2) is 30.3 Å². The lowest BCUT2D eigenvalue weighted by atomic mass is 9.97. The summed E-state index contributed by atoms with van der Waals surface area (Å²) in [6, 6.07) is 5.82. The second-order valence-corrected chi connectivity index (χ2v) is 7.83. The molecule has 2 aromatic rings. The smallest absolute Gasteiger partial charge is 0.410 e. The topological polar surface area (TPSA) is 68.2 Å². The van der Waals surface area contributed by atoms with Crippen molar-refractivity contribution < 1.29 is 22.7 Å². The van der Waals surface area contributed by atoms with E-state index in [1.54, 1.807) is 45.0 Å². The van der Waals surface area contributed by atoms with Gasteiger partial charge in [0.15, 0.2) is 11.7 Å². The predicted molar refractivity (Wildman–Crippen MR) is 98.5 cm³/mol. The van der Waals surface area contributed by atoms with Gasteiger partial charge in [0.1, 0.15) is 11.6 Å². The molecular formula is C19H23F3N4O2. The van der Waals surface area contributed by atoms with Crippen LogP contribution in [0.5, 0.6) is 5.75 Å². The molecular weight excluding hydrogens is 373 g/mol. The van der Waals surface area contributed by atoms with Crippen molar-refractivity contribution in [2.45, 2.75) is 51.0 Å². The first-order chi connectivity index (χ1) is 13.0. The SMILES string of the molecule is COc1ccc([C@H]2C[C@H](C(F)(F)F)n3nc(C(=O)NC(C)(C)C)cc3N2)cc1. The normalized spacial score (nSPS) is 19.5. The Morgan fingerprint density at radius 1 is 1.25 bits per heavy atom. The Balaban J connectivity index is 1.94. The van der Waals surface area contributed by atoms with Gasteiger partial charge in [0.2, 0.25) is 0 Å². The van der Waals surface area contributed by atoms with Crippen LogP contribution in [-0.2, 0) is 0 Å². The molecule has 1 aromatic carbocycles. The molecule has 0 unspecified atom stereocenters. The molecule has 0 radical (unpaired) electrons. The van der Waals surface area contributed by atoms with Crippen LogP contribution in [0.3, 0.4) is 0 Å². The minimum atomic E-state index is -4.49. The summed E-state index contributed by atoms with van der Waals surface area (Å²) in [5.41, 5.74) is 0.120. The fourth-order valence-electron chi connectivity index (χ4n) is 3.14. The van der Waals surface area contributed by atoms with Crippen molar-refractivity contribution >= 4 is 11.7 Å². The second-order valence-electron chi connectivity index (χ2n) is 7.83. The monoisotopic (exact) mass is 396 g/mol. The lowest BCUT2D eigenvalue weighted by Gasteiger charge is -2.33. The number of benzene rings is 1. The van der Waals surface area contributed by atoms with Gasteiger partial charge in [-0.3, -0.25) is 4.79 Å². The molecule has 1 aromatic heterocycles. The van der Waals surface area contributed by atoms with E-state index in [0.717, 1.165) is 4.68 Å². The molecule has 0 bridgehead atoms. The molecule has 6 nitrogen and oxygen atoms in total. The number of anilines is 1. The van der Waals surface area contributed by atoms with Crippen LogP contribution < -0.4 is 15.4 Å². The van der Waals surface area contributed by atoms with Crippen LogP contribution in [0.25, 0.3) is 0 Å². The highest BCUT2D eigenvalue weighted by atomic mass is 19.4. The molecule has 0 saturated carbocycles. The quantitative estimate of drug-likeness (QED) is 0.820. The van der Waals surface area contributed by atoms with E-state index in [0.29, 0.717) is 11.3 Å². The average molecular weight is 396 g/mol. The van der Waals surface area contributed by atoms with Gasteiger partial charge in [-0.1, -0.05) is 12.1 Å². The number of fused-ring (bicyclic) bond motifs is 1. The molecule has 9 heteroatoms. The highest BCUT2D eigenvalue weighted by molar-refractivity contribution is 5.93. The van der Waals surface area contributed by atoms with E-state index >= 15 is 0 Å². The number of nitrogens with zero attached hydrogens (tertiary/aromatic N) is 2. The van der Waals surface area contributed by atoms with Crippen LogP contribution in [0.2, 0.25) is 0 Å². The number of alkyl halides is 3. The number of rotatable bonds is 3. The van der Waals surface area contributed by atoms with Crippen LogP contribution in [0.4, 0.5) is 19.0 Å². The zero-order chi connectivity index (χ0) is 20.7. The number of methoxy groups -OCH3 is 1. The first kappa shape index (κ1) is 20.0. The van der Waals surface area contributed by atoms with E-state index < -0.39 is 29.7 Å². The van der Waals surface area contributed by atoms with Gasteiger partial charge in [-0.2, -0.15) is 18.3 Å². The van der Waals surface area contributed by atoms with E-state index in [1.165, 1.54) is 13.2 Å². The molecule has 1 aliphatic heterocycles. The van der Waals surface area contributed by atoms with E-state index in [9.17, 15) is 18.0 Å². The Hall–Kier alpha value is -2.71. The molecule has 28 heavy (non-hydrogen) atoms. The highest BCUT2D eigenvalue weighted by Crippen LogP contribution is 2.43. The minimum Gasteiger partial charge on any atom is -0.497 e. The van der Waals surface area contributed by atoms with E-state index in [1.807, 2.05) is 0 Å². The van der Waals surface area contributed by atoms with Crippen molar-refractivity contribution in [3.8, 4) is 5.75 Å². The number of halogens is 3. The average Bonchev–Trinajstić information content (AvgIpc) is 3.03. The van der Waals surface area contributed by atoms with Gasteiger partial charge >= 0.3 is 6.18 Å². The summed E-state index contributed by atoms with van der Waals surface area (Å²) in [6.45, 7) is 5.37. The maximum absolute atomic E-state index is 13.7. The summed E-state index contributed by atoms with van der Waals surface area (Å²) in [6.07, 6.45) is -4.73. The number of hydrogen-bond donors (Lipinski definition) is 2. The summed E-state index contributed by atoms with van der Waals surface area (Å²) < 4.78 is 47.1. The van der Waals surface area contributed by atoms with Crippen LogP contribution in [-0.4, -0.2) is 34.5 Å². The molecule has 0 saturated heterocycles. The molecule has 2 N–H and O–H groups in total. The summed E-state index contributed by atoms with van der Waals surface area (Å²) in [5.74, 6) is 0.268. The van der Waals surface area contributed by atoms with Crippen molar-refractivity contribution in [1.82, 2.24) is 15.1 Å². The summed E-state index contributed by atoms with van der Waals surface area (Å²) in [4.78, 5) is 12.3. The number of aromatic nitrogens is 2. The largest absolute Gasteiger partial charge is 0.497 e. The Morgan fingerprint density at radius 2 is 1.89 bits per heavy atom. The Kier molecular flexibility index (Phi) is 5.03. The minimum absolute atomic E-state index is 0.0537. The number of hydrogen-bond acceptors (Lipinski definition) is 4.